The lowest BCUT2D eigenvalue weighted by Crippen LogP contribution is -2.03. The average molecular weight is 254 g/mol. The molecule has 2 nitrogen and oxygen atoms in total. The maximum atomic E-state index is 10.8. The van der Waals surface area contributed by atoms with Gasteiger partial charge in [0.25, 0.3) is 0 Å². The highest BCUT2D eigenvalue weighted by atomic mass is 16.5. The van der Waals surface area contributed by atoms with E-state index < -0.39 is 0 Å². The summed E-state index contributed by atoms with van der Waals surface area (Å²) in [5.74, 6) is 1.16. The van der Waals surface area contributed by atoms with Crippen LogP contribution in [0.15, 0.2) is 42.5 Å². The van der Waals surface area contributed by atoms with Gasteiger partial charge in [-0.2, -0.15) is 0 Å². The van der Waals surface area contributed by atoms with Crippen molar-refractivity contribution in [2.75, 3.05) is 0 Å². The number of carbonyl (C=O) groups excluding carboxylic acids is 1. The standard InChI is InChI=1S/C9H10O.C8H8O/c1-7-4-3-5-9(6-7)8(2)10;1-6-4-7-2-3-8(6)9-5-7/h3-6H,1-2H3;2-4H,5H2,1H3. The SMILES string of the molecule is CC(=O)c1cccc(C)c1.Cc1cc2ccc1OC2. The molecule has 2 bridgehead atoms. The molecule has 98 valence electrons. The molecular formula is C17H18O2. The first-order chi connectivity index (χ1) is 9.06. The van der Waals surface area contributed by atoms with Crippen molar-refractivity contribution in [2.45, 2.75) is 27.4 Å². The number of Topliss-reactive ketones (excluding diaryl/α,β-unsaturated/α-hetero) is 1. The number of hydrogen-bond donors (Lipinski definition) is 0. The first-order valence-corrected chi connectivity index (χ1v) is 6.36. The van der Waals surface area contributed by atoms with Crippen LogP contribution in [0.2, 0.25) is 0 Å². The van der Waals surface area contributed by atoms with Crippen LogP contribution in [0.4, 0.5) is 0 Å². The van der Waals surface area contributed by atoms with E-state index in [-0.39, 0.29) is 5.78 Å². The van der Waals surface area contributed by atoms with Crippen LogP contribution in [0.25, 0.3) is 0 Å². The summed E-state index contributed by atoms with van der Waals surface area (Å²) in [5.41, 5.74) is 4.45. The van der Waals surface area contributed by atoms with Crippen molar-refractivity contribution in [3.05, 3.63) is 64.7 Å². The third kappa shape index (κ3) is 3.44. The molecule has 2 aliphatic rings. The van der Waals surface area contributed by atoms with E-state index in [4.69, 9.17) is 4.74 Å². The molecule has 2 heteroatoms. The Hall–Kier alpha value is -2.09. The molecule has 2 heterocycles. The second-order valence-electron chi connectivity index (χ2n) is 4.81. The van der Waals surface area contributed by atoms with Crippen LogP contribution in [0, 0.1) is 13.8 Å². The third-order valence-electron chi connectivity index (χ3n) is 3.06. The molecule has 0 unspecified atom stereocenters. The second kappa shape index (κ2) is 5.70. The predicted molar refractivity (Wildman–Crippen MR) is 76.7 cm³/mol. The van der Waals surface area contributed by atoms with Crippen molar-refractivity contribution in [3.63, 3.8) is 0 Å². The van der Waals surface area contributed by atoms with Gasteiger partial charge >= 0.3 is 0 Å². The van der Waals surface area contributed by atoms with Gasteiger partial charge in [-0.05, 0) is 50.1 Å². The largest absolute Gasteiger partial charge is 0.489 e. The van der Waals surface area contributed by atoms with E-state index in [9.17, 15) is 4.79 Å². The van der Waals surface area contributed by atoms with Crippen molar-refractivity contribution < 1.29 is 9.53 Å². The Morgan fingerprint density at radius 2 is 1.89 bits per heavy atom. The normalized spacial score (nSPS) is 11.3. The summed E-state index contributed by atoms with van der Waals surface area (Å²) in [6, 6.07) is 13.9. The Morgan fingerprint density at radius 1 is 1.11 bits per heavy atom. The van der Waals surface area contributed by atoms with E-state index in [0.29, 0.717) is 0 Å². The molecule has 0 spiro atoms. The van der Waals surface area contributed by atoms with Crippen molar-refractivity contribution in [2.24, 2.45) is 0 Å². The number of fused-ring (bicyclic) bond motifs is 3. The van der Waals surface area contributed by atoms with Gasteiger partial charge in [-0.1, -0.05) is 29.8 Å². The van der Waals surface area contributed by atoms with Gasteiger partial charge in [0.05, 0.1) is 0 Å². The Balaban J connectivity index is 0.000000141. The molecule has 0 N–H and O–H groups in total. The van der Waals surface area contributed by atoms with Gasteiger partial charge in [0.2, 0.25) is 0 Å². The lowest BCUT2D eigenvalue weighted by molar-refractivity contribution is 0.101. The van der Waals surface area contributed by atoms with Crippen LogP contribution in [-0.4, -0.2) is 5.78 Å². The summed E-state index contributed by atoms with van der Waals surface area (Å²) in [5, 5.41) is 0. The summed E-state index contributed by atoms with van der Waals surface area (Å²) < 4.78 is 5.31. The van der Waals surface area contributed by atoms with Gasteiger partial charge in [-0.3, -0.25) is 4.79 Å². The zero-order chi connectivity index (χ0) is 13.8. The smallest absolute Gasteiger partial charge is 0.159 e. The van der Waals surface area contributed by atoms with Crippen LogP contribution in [0.1, 0.15) is 34.0 Å². The highest BCUT2D eigenvalue weighted by Gasteiger charge is 2.07. The third-order valence-corrected chi connectivity index (χ3v) is 3.06. The fraction of sp³-hybridized carbons (Fsp3) is 0.235. The van der Waals surface area contributed by atoms with Crippen LogP contribution in [-0.2, 0) is 6.61 Å². The van der Waals surface area contributed by atoms with E-state index in [1.54, 1.807) is 6.92 Å². The summed E-state index contributed by atoms with van der Waals surface area (Å²) in [6.45, 7) is 6.39. The second-order valence-corrected chi connectivity index (χ2v) is 4.81. The van der Waals surface area contributed by atoms with Crippen molar-refractivity contribution >= 4 is 5.78 Å². The number of carbonyl (C=O) groups is 1. The van der Waals surface area contributed by atoms with Crippen molar-refractivity contribution in [1.82, 2.24) is 0 Å². The van der Waals surface area contributed by atoms with Gasteiger partial charge < -0.3 is 4.74 Å². The molecule has 2 aromatic rings. The quantitative estimate of drug-likeness (QED) is 0.717. The fourth-order valence-electron chi connectivity index (χ4n) is 1.99. The Morgan fingerprint density at radius 3 is 2.21 bits per heavy atom. The number of hydrogen-bond acceptors (Lipinski definition) is 2. The molecule has 0 aromatic heterocycles. The number of aryl methyl sites for hydroxylation is 2. The maximum absolute atomic E-state index is 10.8. The molecule has 2 aliphatic heterocycles. The van der Waals surface area contributed by atoms with E-state index in [1.165, 1.54) is 11.1 Å². The molecule has 0 atom stereocenters. The molecule has 0 saturated heterocycles. The summed E-state index contributed by atoms with van der Waals surface area (Å²) in [7, 11) is 0. The number of rotatable bonds is 1. The zero-order valence-electron chi connectivity index (χ0n) is 11.6. The van der Waals surface area contributed by atoms with Crippen molar-refractivity contribution in [3.8, 4) is 5.75 Å². The molecule has 2 aromatic carbocycles. The zero-order valence-corrected chi connectivity index (χ0v) is 11.6. The molecular weight excluding hydrogens is 236 g/mol. The highest BCUT2D eigenvalue weighted by molar-refractivity contribution is 5.94. The minimum atomic E-state index is 0.128. The molecule has 0 saturated carbocycles. The van der Waals surface area contributed by atoms with E-state index >= 15 is 0 Å². The van der Waals surface area contributed by atoms with Crippen LogP contribution < -0.4 is 4.74 Å². The minimum Gasteiger partial charge on any atom is -0.489 e. The fourth-order valence-corrected chi connectivity index (χ4v) is 1.99. The van der Waals surface area contributed by atoms with Crippen molar-refractivity contribution in [1.29, 1.82) is 0 Å². The maximum Gasteiger partial charge on any atom is 0.159 e. The first-order valence-electron chi connectivity index (χ1n) is 6.36. The van der Waals surface area contributed by atoms with Crippen LogP contribution in [0.3, 0.4) is 0 Å². The molecule has 0 radical (unpaired) electrons. The summed E-state index contributed by atoms with van der Waals surface area (Å²) in [6.07, 6.45) is 0. The number of benzene rings is 2. The molecule has 0 amide bonds. The molecule has 0 aliphatic carbocycles. The topological polar surface area (TPSA) is 26.3 Å². The van der Waals surface area contributed by atoms with E-state index in [2.05, 4.69) is 19.1 Å². The lowest BCUT2D eigenvalue weighted by atomic mass is 10.1. The minimum absolute atomic E-state index is 0.128. The van der Waals surface area contributed by atoms with E-state index in [0.717, 1.165) is 23.5 Å². The van der Waals surface area contributed by atoms with Gasteiger partial charge in [-0.25, -0.2) is 0 Å². The van der Waals surface area contributed by atoms with E-state index in [1.807, 2.05) is 37.3 Å². The highest BCUT2D eigenvalue weighted by Crippen LogP contribution is 2.25. The summed E-state index contributed by atoms with van der Waals surface area (Å²) >= 11 is 0. The molecule has 4 rings (SSSR count). The Bertz CT molecular complexity index is 600. The predicted octanol–water partition coefficient (Wildman–Crippen LogP) is 4.09. The Labute approximate surface area is 114 Å². The van der Waals surface area contributed by atoms with Gasteiger partial charge in [0, 0.05) is 5.56 Å². The molecule has 19 heavy (non-hydrogen) atoms. The Kier molecular flexibility index (Phi) is 4.00. The summed E-state index contributed by atoms with van der Waals surface area (Å²) in [4.78, 5) is 10.8. The van der Waals surface area contributed by atoms with Gasteiger partial charge in [-0.15, -0.1) is 0 Å². The van der Waals surface area contributed by atoms with Gasteiger partial charge in [0.1, 0.15) is 12.4 Å². The number of ether oxygens (including phenoxy) is 1. The monoisotopic (exact) mass is 254 g/mol. The first kappa shape index (κ1) is 13.3. The average Bonchev–Trinajstić information content (AvgIpc) is 2.40. The van der Waals surface area contributed by atoms with Gasteiger partial charge in [0.15, 0.2) is 5.78 Å². The van der Waals surface area contributed by atoms with Crippen LogP contribution in [0.5, 0.6) is 5.75 Å². The number of ketones is 1. The lowest BCUT2D eigenvalue weighted by Gasteiger charge is -2.16. The van der Waals surface area contributed by atoms with Crippen LogP contribution >= 0.6 is 0 Å². The molecule has 0 fully saturated rings.